The number of carboxylic acids is 1. The van der Waals surface area contributed by atoms with E-state index in [0.29, 0.717) is 12.3 Å². The molecule has 0 rings (SSSR count). The normalized spacial score (nSPS) is 10.6. The average Bonchev–Trinajstić information content (AvgIpc) is 2.33. The highest BCUT2D eigenvalue weighted by atomic mass is 35.5. The molecule has 0 aromatic rings. The predicted octanol–water partition coefficient (Wildman–Crippen LogP) is -1.29. The van der Waals surface area contributed by atoms with Crippen molar-refractivity contribution in [3.05, 3.63) is 0 Å². The van der Waals surface area contributed by atoms with E-state index in [0.717, 1.165) is 11.8 Å². The summed E-state index contributed by atoms with van der Waals surface area (Å²) >= 11 is 11.6. The first-order valence-electron chi connectivity index (χ1n) is 4.81. The summed E-state index contributed by atoms with van der Waals surface area (Å²) in [7, 11) is 0. The van der Waals surface area contributed by atoms with Crippen molar-refractivity contribution in [2.45, 2.75) is 11.0 Å². The van der Waals surface area contributed by atoms with Gasteiger partial charge in [0.05, 0.1) is 0 Å². The van der Waals surface area contributed by atoms with Crippen molar-refractivity contribution >= 4 is 52.0 Å². The molecule has 0 atom stereocenters. The van der Waals surface area contributed by atoms with E-state index < -0.39 is 17.0 Å². The van der Waals surface area contributed by atoms with Crippen LogP contribution in [0, 0.1) is 0 Å². The average molecular weight is 359 g/mol. The second kappa shape index (κ2) is 11.0. The summed E-state index contributed by atoms with van der Waals surface area (Å²) in [6.07, 6.45) is -5.19. The lowest BCUT2D eigenvalue weighted by atomic mass is 10.6. The third-order valence-corrected chi connectivity index (χ3v) is 2.89. The van der Waals surface area contributed by atoms with Crippen molar-refractivity contribution in [2.24, 2.45) is 0 Å². The summed E-state index contributed by atoms with van der Waals surface area (Å²) in [6.45, 7) is 0.623. The molecule has 0 saturated heterocycles. The van der Waals surface area contributed by atoms with Crippen LogP contribution in [0.5, 0.6) is 0 Å². The van der Waals surface area contributed by atoms with Gasteiger partial charge in [0.15, 0.2) is 11.4 Å². The molecule has 20 heavy (non-hydrogen) atoms. The second-order valence-electron chi connectivity index (χ2n) is 2.85. The molecule has 1 amide bonds. The van der Waals surface area contributed by atoms with Gasteiger partial charge >= 0.3 is 6.18 Å². The highest BCUT2D eigenvalue weighted by Gasteiger charge is 2.28. The van der Waals surface area contributed by atoms with Gasteiger partial charge in [0.2, 0.25) is 5.12 Å². The zero-order valence-electron chi connectivity index (χ0n) is 9.84. The number of alkyl halides is 5. The summed E-state index contributed by atoms with van der Waals surface area (Å²) in [5, 5.41) is 11.1. The summed E-state index contributed by atoms with van der Waals surface area (Å²) in [6, 6.07) is 0. The van der Waals surface area contributed by atoms with E-state index in [9.17, 15) is 22.8 Å². The molecule has 0 bridgehead atoms. The maximum Gasteiger partial charge on any atom is 0.430 e. The van der Waals surface area contributed by atoms with Crippen molar-refractivity contribution in [3.63, 3.8) is 0 Å². The third kappa shape index (κ3) is 13.7. The van der Waals surface area contributed by atoms with Crippen LogP contribution in [0.25, 0.3) is 0 Å². The lowest BCUT2D eigenvalue weighted by molar-refractivity contribution is -0.355. The number of carbonyl (C=O) groups is 3. The molecule has 118 valence electrons. The fourth-order valence-corrected chi connectivity index (χ4v) is 1.40. The van der Waals surface area contributed by atoms with E-state index in [1.54, 1.807) is 0 Å². The van der Waals surface area contributed by atoms with Gasteiger partial charge in [-0.25, -0.2) is 0 Å². The number of quaternary nitrogens is 1. The summed E-state index contributed by atoms with van der Waals surface area (Å²) in [5.74, 6) is -2.67. The van der Waals surface area contributed by atoms with Gasteiger partial charge in [-0.15, -0.1) is 0 Å². The van der Waals surface area contributed by atoms with Crippen molar-refractivity contribution in [2.75, 3.05) is 18.8 Å². The highest BCUT2D eigenvalue weighted by molar-refractivity contribution is 8.14. The van der Waals surface area contributed by atoms with Gasteiger partial charge in [-0.1, -0.05) is 35.0 Å². The van der Waals surface area contributed by atoms with Crippen LogP contribution in [0.15, 0.2) is 0 Å². The van der Waals surface area contributed by atoms with Crippen molar-refractivity contribution in [1.29, 1.82) is 0 Å². The monoisotopic (exact) mass is 358 g/mol. The van der Waals surface area contributed by atoms with Crippen LogP contribution >= 0.6 is 35.0 Å². The molecule has 0 fully saturated rings. The van der Waals surface area contributed by atoms with Crippen LogP contribution in [0.1, 0.15) is 0 Å². The standard InChI is InChI=1S/C6H10Cl2N2O2S.C2HF3O2/c7-5(8)6(12)13-2-1-10-4(11)3-9;3-2(4,5)1(6)7/h5H,1-3,9H2,(H,10,11);(H,6,7). The molecule has 0 unspecified atom stereocenters. The molecular weight excluding hydrogens is 348 g/mol. The number of amides is 1. The quantitative estimate of drug-likeness (QED) is 0.468. The number of thioether (sulfide) groups is 1. The first-order valence-corrected chi connectivity index (χ1v) is 6.67. The van der Waals surface area contributed by atoms with Gasteiger partial charge < -0.3 is 21.0 Å². The second-order valence-corrected chi connectivity index (χ2v) is 5.05. The number of aliphatic carboxylic acids is 1. The molecule has 0 radical (unpaired) electrons. The Morgan fingerprint density at radius 2 is 1.75 bits per heavy atom. The smallest absolute Gasteiger partial charge is 0.430 e. The van der Waals surface area contributed by atoms with E-state index in [2.05, 4.69) is 11.1 Å². The van der Waals surface area contributed by atoms with Crippen LogP contribution in [-0.2, 0) is 14.4 Å². The molecule has 0 saturated carbocycles. The first-order chi connectivity index (χ1) is 9.02. The Hall–Kier alpha value is -0.710. The minimum Gasteiger partial charge on any atom is -0.542 e. The number of hydrogen-bond donors (Lipinski definition) is 2. The zero-order chi connectivity index (χ0) is 16.3. The molecule has 0 aliphatic heterocycles. The minimum absolute atomic E-state index is 0.138. The van der Waals surface area contributed by atoms with Crippen molar-refractivity contribution in [1.82, 2.24) is 5.32 Å². The van der Waals surface area contributed by atoms with Crippen LogP contribution in [0.4, 0.5) is 13.2 Å². The molecule has 0 aromatic carbocycles. The Kier molecular flexibility index (Phi) is 11.9. The lowest BCUT2D eigenvalue weighted by Crippen LogP contribution is -2.57. The molecule has 0 aliphatic rings. The maximum atomic E-state index is 10.8. The number of halogens is 5. The molecule has 0 aromatic heterocycles. The van der Waals surface area contributed by atoms with Crippen LogP contribution in [0.3, 0.4) is 0 Å². The van der Waals surface area contributed by atoms with Gasteiger partial charge in [0.25, 0.3) is 5.91 Å². The number of rotatable bonds is 5. The highest BCUT2D eigenvalue weighted by Crippen LogP contribution is 2.13. The predicted molar refractivity (Wildman–Crippen MR) is 64.8 cm³/mol. The Balaban J connectivity index is 0. The summed E-state index contributed by atoms with van der Waals surface area (Å²) in [4.78, 5) is 29.3. The van der Waals surface area contributed by atoms with Gasteiger partial charge in [-0.3, -0.25) is 9.59 Å². The van der Waals surface area contributed by atoms with Gasteiger partial charge in [-0.05, 0) is 0 Å². The fourth-order valence-electron chi connectivity index (χ4n) is 0.493. The Bertz CT molecular complexity index is 342. The van der Waals surface area contributed by atoms with Gasteiger partial charge in [-0.2, -0.15) is 13.2 Å². The van der Waals surface area contributed by atoms with Crippen LogP contribution in [0.2, 0.25) is 0 Å². The third-order valence-electron chi connectivity index (χ3n) is 1.31. The molecular formula is C8H11Cl2F3N2O4S. The van der Waals surface area contributed by atoms with E-state index in [1.807, 2.05) is 0 Å². The Morgan fingerprint density at radius 1 is 1.30 bits per heavy atom. The zero-order valence-corrected chi connectivity index (χ0v) is 12.2. The van der Waals surface area contributed by atoms with Gasteiger partial charge in [0.1, 0.15) is 5.97 Å². The molecule has 0 heterocycles. The molecule has 6 nitrogen and oxygen atoms in total. The Morgan fingerprint density at radius 3 is 2.05 bits per heavy atom. The molecule has 0 aliphatic carbocycles. The number of hydrogen-bond acceptors (Lipinski definition) is 5. The first kappa shape index (κ1) is 21.6. The van der Waals surface area contributed by atoms with Crippen LogP contribution in [-0.4, -0.2) is 46.8 Å². The SMILES string of the molecule is O=C([O-])C(F)(F)F.[NH3+]CC(=O)NCCSC(=O)C(Cl)Cl. The lowest BCUT2D eigenvalue weighted by Gasteiger charge is -2.03. The molecule has 4 N–H and O–H groups in total. The largest absolute Gasteiger partial charge is 0.542 e. The van der Waals surface area contributed by atoms with E-state index in [1.165, 1.54) is 0 Å². The summed E-state index contributed by atoms with van der Waals surface area (Å²) < 4.78 is 31.5. The molecule has 0 spiro atoms. The van der Waals surface area contributed by atoms with Crippen LogP contribution < -0.4 is 16.2 Å². The van der Waals surface area contributed by atoms with E-state index >= 15 is 0 Å². The summed E-state index contributed by atoms with van der Waals surface area (Å²) in [5.41, 5.74) is 3.40. The number of nitrogens with one attached hydrogen (secondary N) is 1. The van der Waals surface area contributed by atoms with E-state index in [-0.39, 0.29) is 17.6 Å². The minimum atomic E-state index is -5.19. The number of carboxylic acid groups (broad SMARTS) is 1. The number of carbonyl (C=O) groups excluding carboxylic acids is 3. The van der Waals surface area contributed by atoms with Crippen molar-refractivity contribution < 1.29 is 38.4 Å². The topological polar surface area (TPSA) is 114 Å². The molecule has 12 heteroatoms. The fraction of sp³-hybridized carbons (Fsp3) is 0.625. The van der Waals surface area contributed by atoms with Crippen molar-refractivity contribution in [3.8, 4) is 0 Å². The van der Waals surface area contributed by atoms with Gasteiger partial charge in [0, 0.05) is 12.3 Å². The van der Waals surface area contributed by atoms with E-state index in [4.69, 9.17) is 33.1 Å². The maximum absolute atomic E-state index is 10.8. The Labute approximate surface area is 126 Å².